The predicted octanol–water partition coefficient (Wildman–Crippen LogP) is 5.01. The van der Waals surface area contributed by atoms with Crippen LogP contribution < -0.4 is 0 Å². The fraction of sp³-hybridized carbons (Fsp3) is 0.750. The molecule has 0 saturated carbocycles. The molecule has 0 aliphatic carbocycles. The number of halogens is 2. The van der Waals surface area contributed by atoms with Crippen LogP contribution in [0.4, 0.5) is 0 Å². The molecule has 68 valence electrons. The van der Waals surface area contributed by atoms with E-state index in [9.17, 15) is 0 Å². The molecule has 0 aliphatic heterocycles. The maximum absolute atomic E-state index is 3.60. The molecule has 11 heavy (non-hydrogen) atoms. The molecule has 0 atom stereocenters. The van der Waals surface area contributed by atoms with E-state index in [4.69, 9.17) is 0 Å². The predicted molar refractivity (Wildman–Crippen MR) is 68.6 cm³/mol. The molecule has 0 heterocycles. The van der Waals surface area contributed by atoms with Crippen molar-refractivity contribution in [2.24, 2.45) is 0 Å². The van der Waals surface area contributed by atoms with Crippen LogP contribution in [-0.4, -0.2) is 0 Å². The molecule has 0 N–H and O–H groups in total. The first-order valence-corrected chi connectivity index (χ1v) is 18.4. The third kappa shape index (κ3) is 70.0. The zero-order chi connectivity index (χ0) is 9.54. The first-order chi connectivity index (χ1) is 5.24. The van der Waals surface area contributed by atoms with Crippen molar-refractivity contribution in [3.05, 3.63) is 13.8 Å². The molecular weight excluding hydrogens is 441 g/mol. The summed E-state index contributed by atoms with van der Waals surface area (Å²) in [6, 6.07) is 0. The van der Waals surface area contributed by atoms with E-state index in [2.05, 4.69) is 63.8 Å². The van der Waals surface area contributed by atoms with Gasteiger partial charge in [-0.15, -0.1) is 0 Å². The zero-order valence-corrected chi connectivity index (χ0v) is 14.3. The number of hydrogen-bond acceptors (Lipinski definition) is 0. The Balaban J connectivity index is -0.0000000886. The molecule has 3 heteroatoms. The summed E-state index contributed by atoms with van der Waals surface area (Å²) in [6.45, 7) is 11.4. The van der Waals surface area contributed by atoms with Gasteiger partial charge in [-0.1, -0.05) is 26.7 Å². The first-order valence-electron chi connectivity index (χ1n) is 3.79. The van der Waals surface area contributed by atoms with Crippen LogP contribution in [0.15, 0.2) is 0 Å². The Morgan fingerprint density at radius 1 is 1.00 bits per heavy atom. The van der Waals surface area contributed by atoms with Gasteiger partial charge in [-0.05, 0) is 0 Å². The van der Waals surface area contributed by atoms with E-state index in [1.54, 1.807) is 0 Å². The van der Waals surface area contributed by atoms with E-state index >= 15 is 0 Å². The number of unbranched alkanes of at least 4 members (excludes halogenated alkanes) is 2. The van der Waals surface area contributed by atoms with Crippen molar-refractivity contribution in [3.8, 4) is 0 Å². The molecule has 0 nitrogen and oxygen atoms in total. The summed E-state index contributed by atoms with van der Waals surface area (Å²) < 4.78 is 0. The van der Waals surface area contributed by atoms with Crippen LogP contribution in [-0.2, 0) is 14.9 Å². The summed E-state index contributed by atoms with van der Waals surface area (Å²) in [5, 5.41) is 0. The molecular formula is C8H18I2Zr. The normalized spacial score (nSPS) is 6.36. The topological polar surface area (TPSA) is 0 Å². The molecule has 0 aromatic heterocycles. The molecule has 0 amide bonds. The van der Waals surface area contributed by atoms with Gasteiger partial charge in [0.05, 0.1) is 0 Å². The molecule has 0 radical (unpaired) electrons. The van der Waals surface area contributed by atoms with Crippen molar-refractivity contribution in [1.82, 2.24) is 0 Å². The standard InChI is InChI=1S/2C4H9.2HI.Zr/c2*1-3-4-2;;;/h2*1,3-4H2,2H3;2*1H;/q2*-1;;;+4/p-2. The molecule has 0 bridgehead atoms. The number of rotatable bonds is 2. The first kappa shape index (κ1) is 19.0. The Bertz CT molecular complexity index is 27.3. The minimum absolute atomic E-state index is 0.170. The summed E-state index contributed by atoms with van der Waals surface area (Å²) in [4.78, 5) is 0. The monoisotopic (exact) mass is 458 g/mol. The Morgan fingerprint density at radius 3 is 1.09 bits per heavy atom. The second kappa shape index (κ2) is 29.5. The molecule has 0 aliphatic rings. The van der Waals surface area contributed by atoms with Gasteiger partial charge in [0.15, 0.2) is 0 Å². The van der Waals surface area contributed by atoms with E-state index in [0.29, 0.717) is 0 Å². The van der Waals surface area contributed by atoms with Gasteiger partial charge >= 0.3 is 50.9 Å². The number of hydrogen-bond donors (Lipinski definition) is 0. The zero-order valence-electron chi connectivity index (χ0n) is 7.50. The van der Waals surface area contributed by atoms with Crippen LogP contribution in [0.2, 0.25) is 0 Å². The average molecular weight is 459 g/mol. The van der Waals surface area contributed by atoms with E-state index in [0.717, 1.165) is 12.8 Å². The van der Waals surface area contributed by atoms with Gasteiger partial charge in [0.1, 0.15) is 0 Å². The van der Waals surface area contributed by atoms with Crippen LogP contribution >= 0.6 is 36.1 Å². The van der Waals surface area contributed by atoms with Gasteiger partial charge < -0.3 is 13.8 Å². The SMILES string of the molecule is [CH2-]CCC.[CH2-]CCC.[I][Zr+2][I]. The van der Waals surface area contributed by atoms with Gasteiger partial charge in [-0.25, -0.2) is 0 Å². The summed E-state index contributed by atoms with van der Waals surface area (Å²) in [6.07, 6.45) is 4.56. The molecule has 0 saturated heterocycles. The fourth-order valence-corrected chi connectivity index (χ4v) is 0. The van der Waals surface area contributed by atoms with Crippen molar-refractivity contribution in [1.29, 1.82) is 0 Å². The quantitative estimate of drug-likeness (QED) is 0.403. The van der Waals surface area contributed by atoms with Gasteiger partial charge in [-0.2, -0.15) is 12.8 Å². The van der Waals surface area contributed by atoms with Crippen LogP contribution in [0.25, 0.3) is 0 Å². The fourth-order valence-electron chi connectivity index (χ4n) is 0. The van der Waals surface area contributed by atoms with Crippen LogP contribution in [0.5, 0.6) is 0 Å². The second-order valence-corrected chi connectivity index (χ2v) is 20.7. The Labute approximate surface area is 103 Å². The molecule has 0 rings (SSSR count). The van der Waals surface area contributed by atoms with Crippen molar-refractivity contribution >= 4 is 36.1 Å². The third-order valence-electron chi connectivity index (χ3n) is 0.707. The molecule has 0 unspecified atom stereocenters. The van der Waals surface area contributed by atoms with E-state index in [1.807, 2.05) is 0 Å². The summed E-state index contributed by atoms with van der Waals surface area (Å²) in [5.41, 5.74) is 0. The molecule has 0 aromatic carbocycles. The van der Waals surface area contributed by atoms with Gasteiger partial charge in [0.25, 0.3) is 0 Å². The summed E-state index contributed by atoms with van der Waals surface area (Å²) in [5.74, 6) is 0. The van der Waals surface area contributed by atoms with Gasteiger partial charge in [0.2, 0.25) is 0 Å². The minimum atomic E-state index is 0.170. The van der Waals surface area contributed by atoms with Crippen molar-refractivity contribution in [2.45, 2.75) is 39.5 Å². The average Bonchev–Trinajstić information content (AvgIpc) is 2.06. The van der Waals surface area contributed by atoms with Crippen LogP contribution in [0, 0.1) is 13.8 Å². The molecule has 0 spiro atoms. The van der Waals surface area contributed by atoms with Crippen molar-refractivity contribution in [2.75, 3.05) is 0 Å². The summed E-state index contributed by atoms with van der Waals surface area (Å²) >= 11 is 5.06. The van der Waals surface area contributed by atoms with Crippen molar-refractivity contribution in [3.63, 3.8) is 0 Å². The van der Waals surface area contributed by atoms with E-state index in [-0.39, 0.29) is 14.9 Å². The molecule has 0 aromatic rings. The Hall–Kier alpha value is 2.34. The third-order valence-corrected chi connectivity index (χ3v) is 0.707. The van der Waals surface area contributed by atoms with Crippen LogP contribution in [0.1, 0.15) is 39.5 Å². The van der Waals surface area contributed by atoms with Crippen molar-refractivity contribution < 1.29 is 14.9 Å². The van der Waals surface area contributed by atoms with Gasteiger partial charge in [-0.3, -0.25) is 0 Å². The maximum atomic E-state index is 3.60. The second-order valence-electron chi connectivity index (χ2n) is 1.78. The summed E-state index contributed by atoms with van der Waals surface area (Å²) in [7, 11) is 0. The van der Waals surface area contributed by atoms with Gasteiger partial charge in [0, 0.05) is 0 Å². The Morgan fingerprint density at radius 2 is 1.09 bits per heavy atom. The Kier molecular flexibility index (Phi) is 50.9. The van der Waals surface area contributed by atoms with Crippen LogP contribution in [0.3, 0.4) is 0 Å². The van der Waals surface area contributed by atoms with E-state index < -0.39 is 0 Å². The van der Waals surface area contributed by atoms with E-state index in [1.165, 1.54) is 12.8 Å². The molecule has 0 fully saturated rings.